The van der Waals surface area contributed by atoms with Gasteiger partial charge in [0.2, 0.25) is 0 Å². The van der Waals surface area contributed by atoms with Gasteiger partial charge in [-0.15, -0.1) is 0 Å². The van der Waals surface area contributed by atoms with Gasteiger partial charge in [-0.3, -0.25) is 4.79 Å². The zero-order chi connectivity index (χ0) is 24.6. The summed E-state index contributed by atoms with van der Waals surface area (Å²) in [6.45, 7) is 12.4. The highest BCUT2D eigenvalue weighted by Crippen LogP contribution is 2.67. The number of carbonyl (C=O) groups excluding carboxylic acids is 1. The normalized spacial score (nSPS) is 47.5. The SMILES string of the molecule is CC(=O)O[C@H]1C[C@@]2(C)[C@@H](CC[C@@H]3[C@@H]2CC[C@@]2(C)[C@H]3CC[C@@H]2[N+]2(C)CCCC2)C[C@@H]1[N+]1(C)CCCC1.[Br-].[Br-]. The molecule has 0 aromatic carbocycles. The highest BCUT2D eigenvalue weighted by Gasteiger charge is 2.65. The van der Waals surface area contributed by atoms with Gasteiger partial charge in [0.25, 0.3) is 0 Å². The predicted molar refractivity (Wildman–Crippen MR) is 141 cm³/mol. The fourth-order valence-electron chi connectivity index (χ4n) is 12.0. The highest BCUT2D eigenvalue weighted by atomic mass is 79.9. The number of likely N-dealkylation sites (N-methyl/N-ethyl adjacent to an activating group) is 1. The molecule has 4 aliphatic carbocycles. The van der Waals surface area contributed by atoms with Crippen LogP contribution in [-0.4, -0.2) is 73.4 Å². The van der Waals surface area contributed by atoms with Crippen molar-refractivity contribution in [2.75, 3.05) is 40.3 Å². The summed E-state index contributed by atoms with van der Waals surface area (Å²) in [5, 5.41) is 0. The first-order chi connectivity index (χ1) is 16.6. The molecule has 2 saturated heterocycles. The topological polar surface area (TPSA) is 26.3 Å². The van der Waals surface area contributed by atoms with Crippen LogP contribution < -0.4 is 34.0 Å². The minimum absolute atomic E-state index is 0. The first kappa shape index (κ1) is 30.3. The van der Waals surface area contributed by atoms with Crippen molar-refractivity contribution in [3.63, 3.8) is 0 Å². The van der Waals surface area contributed by atoms with Crippen molar-refractivity contribution in [3.8, 4) is 0 Å². The van der Waals surface area contributed by atoms with Gasteiger partial charge in [-0.1, -0.05) is 13.8 Å². The number of esters is 1. The van der Waals surface area contributed by atoms with E-state index in [0.717, 1.165) is 40.6 Å². The van der Waals surface area contributed by atoms with E-state index in [0.29, 0.717) is 16.9 Å². The molecule has 6 fully saturated rings. The maximum absolute atomic E-state index is 12.3. The zero-order valence-corrected chi connectivity index (χ0v) is 27.5. The standard InChI is InChI=1S/C31H54N2O2.2BrH/c1-22(34)35-28-21-31(3)23(20-27(28)32(4)16-6-7-17-32)10-11-24-25-12-13-29(33(5)18-8-9-19-33)30(25,2)15-14-26(24)31;;/h23-29H,6-21H2,1-5H3;2*1H/q+2;;/p-2/t23-,24-,25-,26-,27-,28-,29-,30-,31-;;/m0../s1. The van der Waals surface area contributed by atoms with Crippen LogP contribution >= 0.6 is 0 Å². The molecule has 9 atom stereocenters. The monoisotopic (exact) mass is 644 g/mol. The van der Waals surface area contributed by atoms with E-state index in [1.54, 1.807) is 6.92 Å². The minimum atomic E-state index is -0.0577. The Morgan fingerprint density at radius 1 is 0.784 bits per heavy atom. The van der Waals surface area contributed by atoms with Crippen LogP contribution in [0.3, 0.4) is 0 Å². The van der Waals surface area contributed by atoms with Crippen molar-refractivity contribution in [2.45, 2.75) is 116 Å². The first-order valence-electron chi connectivity index (χ1n) is 15.4. The summed E-state index contributed by atoms with van der Waals surface area (Å²) < 4.78 is 8.74. The fraction of sp³-hybridized carbons (Fsp3) is 0.968. The van der Waals surface area contributed by atoms with Crippen LogP contribution in [-0.2, 0) is 9.53 Å². The summed E-state index contributed by atoms with van der Waals surface area (Å²) in [7, 11) is 5.07. The number of rotatable bonds is 3. The van der Waals surface area contributed by atoms with Crippen molar-refractivity contribution in [1.29, 1.82) is 0 Å². The second kappa shape index (κ2) is 10.6. The lowest BCUT2D eigenvalue weighted by atomic mass is 9.44. The molecule has 0 amide bonds. The number of hydrogen-bond acceptors (Lipinski definition) is 2. The molecule has 4 nitrogen and oxygen atoms in total. The number of fused-ring (bicyclic) bond motifs is 5. The number of carbonyl (C=O) groups is 1. The summed E-state index contributed by atoms with van der Waals surface area (Å²) in [6.07, 6.45) is 16.8. The summed E-state index contributed by atoms with van der Waals surface area (Å²) >= 11 is 0. The van der Waals surface area contributed by atoms with E-state index in [2.05, 4.69) is 27.9 Å². The van der Waals surface area contributed by atoms with Gasteiger partial charge in [0.15, 0.2) is 6.10 Å². The van der Waals surface area contributed by atoms with Gasteiger partial charge in [-0.2, -0.15) is 0 Å². The number of nitrogens with zero attached hydrogens (tertiary/aromatic N) is 2. The van der Waals surface area contributed by atoms with E-state index in [-0.39, 0.29) is 46.0 Å². The van der Waals surface area contributed by atoms with Gasteiger partial charge in [-0.05, 0) is 67.6 Å². The molecule has 37 heavy (non-hydrogen) atoms. The van der Waals surface area contributed by atoms with Crippen LogP contribution in [0.15, 0.2) is 0 Å². The van der Waals surface area contributed by atoms with E-state index >= 15 is 0 Å². The third-order valence-electron chi connectivity index (χ3n) is 13.7. The van der Waals surface area contributed by atoms with Crippen molar-refractivity contribution in [3.05, 3.63) is 0 Å². The van der Waals surface area contributed by atoms with Crippen molar-refractivity contribution < 1.29 is 52.5 Å². The minimum Gasteiger partial charge on any atom is -1.00 e. The maximum Gasteiger partial charge on any atom is 0.303 e. The van der Waals surface area contributed by atoms with Gasteiger partial charge in [0.05, 0.1) is 46.3 Å². The van der Waals surface area contributed by atoms with E-state index in [4.69, 9.17) is 4.74 Å². The van der Waals surface area contributed by atoms with Gasteiger partial charge in [-0.25, -0.2) is 0 Å². The first-order valence-corrected chi connectivity index (χ1v) is 15.4. The van der Waals surface area contributed by atoms with Crippen LogP contribution in [0.2, 0.25) is 0 Å². The Hall–Kier alpha value is 0.350. The lowest BCUT2D eigenvalue weighted by Crippen LogP contribution is -3.00. The highest BCUT2D eigenvalue weighted by molar-refractivity contribution is 5.66. The fourth-order valence-corrected chi connectivity index (χ4v) is 12.0. The molecule has 0 unspecified atom stereocenters. The largest absolute Gasteiger partial charge is 1.00 e. The molecule has 6 aliphatic rings. The third-order valence-corrected chi connectivity index (χ3v) is 13.7. The average molecular weight is 647 g/mol. The van der Waals surface area contributed by atoms with Crippen LogP contribution in [0.4, 0.5) is 0 Å². The van der Waals surface area contributed by atoms with Gasteiger partial charge in [0, 0.05) is 50.9 Å². The summed E-state index contributed by atoms with van der Waals surface area (Å²) in [5.74, 6) is 3.43. The molecule has 0 radical (unpaired) electrons. The Labute approximate surface area is 248 Å². The Kier molecular flexibility index (Phi) is 8.71. The quantitative estimate of drug-likeness (QED) is 0.314. The molecule has 0 bridgehead atoms. The number of likely N-dealkylation sites (tertiary alicyclic amines) is 2. The molecule has 0 aromatic heterocycles. The lowest BCUT2D eigenvalue weighted by Gasteiger charge is -2.63. The molecular weight excluding hydrogens is 592 g/mol. The smallest absolute Gasteiger partial charge is 0.303 e. The summed E-state index contributed by atoms with van der Waals surface area (Å²) in [6, 6.07) is 1.41. The molecule has 0 aromatic rings. The van der Waals surface area contributed by atoms with E-state index < -0.39 is 0 Å². The molecule has 0 N–H and O–H groups in total. The summed E-state index contributed by atoms with van der Waals surface area (Å²) in [5.41, 5.74) is 0.897. The maximum atomic E-state index is 12.3. The Morgan fingerprint density at radius 2 is 1.38 bits per heavy atom. The van der Waals surface area contributed by atoms with Crippen molar-refractivity contribution >= 4 is 5.97 Å². The number of quaternary nitrogens is 2. The van der Waals surface area contributed by atoms with E-state index in [1.807, 2.05) is 0 Å². The van der Waals surface area contributed by atoms with Crippen molar-refractivity contribution in [2.24, 2.45) is 34.5 Å². The van der Waals surface area contributed by atoms with Gasteiger partial charge >= 0.3 is 5.97 Å². The molecule has 2 aliphatic heterocycles. The number of ether oxygens (including phenoxy) is 1. The van der Waals surface area contributed by atoms with E-state index in [1.165, 1.54) is 101 Å². The molecule has 2 heterocycles. The Balaban J connectivity index is 0.00000160. The van der Waals surface area contributed by atoms with Gasteiger partial charge in [0.1, 0.15) is 6.04 Å². The second-order valence-corrected chi connectivity index (χ2v) is 15.2. The molecule has 6 rings (SSSR count). The summed E-state index contributed by atoms with van der Waals surface area (Å²) in [4.78, 5) is 12.3. The molecule has 214 valence electrons. The average Bonchev–Trinajstić information content (AvgIpc) is 3.51. The van der Waals surface area contributed by atoms with Gasteiger partial charge < -0.3 is 47.7 Å². The van der Waals surface area contributed by atoms with Crippen LogP contribution in [0.25, 0.3) is 0 Å². The zero-order valence-electron chi connectivity index (χ0n) is 24.3. The number of hydrogen-bond donors (Lipinski definition) is 0. The molecular formula is C31H54Br2N2O2. The molecule has 4 saturated carbocycles. The van der Waals surface area contributed by atoms with Crippen LogP contribution in [0.1, 0.15) is 97.8 Å². The molecule has 0 spiro atoms. The predicted octanol–water partition coefficient (Wildman–Crippen LogP) is -0.203. The molecule has 6 heteroatoms. The van der Waals surface area contributed by atoms with Crippen LogP contribution in [0, 0.1) is 34.5 Å². The lowest BCUT2D eigenvalue weighted by molar-refractivity contribution is -0.928. The second-order valence-electron chi connectivity index (χ2n) is 15.2. The van der Waals surface area contributed by atoms with E-state index in [9.17, 15) is 4.79 Å². The van der Waals surface area contributed by atoms with Crippen molar-refractivity contribution in [1.82, 2.24) is 0 Å². The van der Waals surface area contributed by atoms with Crippen LogP contribution in [0.5, 0.6) is 0 Å². The third kappa shape index (κ3) is 4.72. The Bertz CT molecular complexity index is 841. The Morgan fingerprint density at radius 3 is 2.00 bits per heavy atom. The number of halogens is 2.